The first-order chi connectivity index (χ1) is 14.0. The predicted octanol–water partition coefficient (Wildman–Crippen LogP) is 3.01. The maximum Gasteiger partial charge on any atom is 0.262 e. The van der Waals surface area contributed by atoms with E-state index in [0.29, 0.717) is 17.7 Å². The molecule has 1 aliphatic heterocycles. The van der Waals surface area contributed by atoms with E-state index in [1.165, 1.54) is 0 Å². The maximum atomic E-state index is 12.4. The fraction of sp³-hybridized carbons (Fsp3) is 0.174. The highest BCUT2D eigenvalue weighted by molar-refractivity contribution is 6.22. The van der Waals surface area contributed by atoms with Crippen LogP contribution in [0.3, 0.4) is 0 Å². The molecular weight excluding hydrogens is 366 g/mol. The van der Waals surface area contributed by atoms with Gasteiger partial charge in [0.05, 0.1) is 11.1 Å². The molecule has 1 aliphatic rings. The Labute approximate surface area is 168 Å². The van der Waals surface area contributed by atoms with Crippen molar-refractivity contribution in [3.8, 4) is 5.69 Å². The number of hydrogen-bond donors (Lipinski definition) is 1. The molecule has 1 aromatic heterocycles. The van der Waals surface area contributed by atoms with Gasteiger partial charge in [-0.3, -0.25) is 19.3 Å². The Kier molecular flexibility index (Phi) is 4.76. The highest BCUT2D eigenvalue weighted by atomic mass is 16.2. The van der Waals surface area contributed by atoms with Crippen molar-refractivity contribution in [2.45, 2.75) is 20.4 Å². The summed E-state index contributed by atoms with van der Waals surface area (Å²) in [5, 5.41) is 2.83. The molecule has 2 heterocycles. The summed E-state index contributed by atoms with van der Waals surface area (Å²) < 4.78 is 2.13. The van der Waals surface area contributed by atoms with E-state index in [1.54, 1.807) is 24.3 Å². The lowest BCUT2D eigenvalue weighted by Gasteiger charge is -2.14. The lowest BCUT2D eigenvalue weighted by Crippen LogP contribution is -2.40. The average Bonchev–Trinajstić information content (AvgIpc) is 3.15. The van der Waals surface area contributed by atoms with Crippen LogP contribution < -0.4 is 5.32 Å². The van der Waals surface area contributed by atoms with Gasteiger partial charge in [0.15, 0.2) is 0 Å². The van der Waals surface area contributed by atoms with Crippen molar-refractivity contribution in [2.24, 2.45) is 0 Å². The third-order valence-electron chi connectivity index (χ3n) is 5.21. The fourth-order valence-electron chi connectivity index (χ4n) is 3.76. The lowest BCUT2D eigenvalue weighted by atomic mass is 10.1. The van der Waals surface area contributed by atoms with E-state index < -0.39 is 11.8 Å². The van der Waals surface area contributed by atoms with Gasteiger partial charge in [0.2, 0.25) is 5.91 Å². The number of carbonyl (C=O) groups excluding carboxylic acids is 3. The van der Waals surface area contributed by atoms with Crippen LogP contribution in [0, 0.1) is 13.8 Å². The smallest absolute Gasteiger partial charge is 0.262 e. The van der Waals surface area contributed by atoms with Gasteiger partial charge in [0.25, 0.3) is 11.8 Å². The molecule has 3 aromatic rings. The van der Waals surface area contributed by atoms with Gasteiger partial charge in [-0.2, -0.15) is 0 Å². The number of aromatic nitrogens is 1. The summed E-state index contributed by atoms with van der Waals surface area (Å²) in [5.74, 6) is -1.23. The van der Waals surface area contributed by atoms with E-state index in [1.807, 2.05) is 50.2 Å². The number of para-hydroxylation sites is 1. The monoisotopic (exact) mass is 387 g/mol. The Bertz CT molecular complexity index is 1080. The molecule has 0 aliphatic carbocycles. The summed E-state index contributed by atoms with van der Waals surface area (Å²) in [6.07, 6.45) is 0. The van der Waals surface area contributed by atoms with Crippen molar-refractivity contribution in [1.29, 1.82) is 0 Å². The molecule has 0 saturated carbocycles. The Morgan fingerprint density at radius 2 is 1.48 bits per heavy atom. The van der Waals surface area contributed by atoms with Crippen LogP contribution in [-0.2, 0) is 11.3 Å². The Balaban J connectivity index is 1.44. The molecule has 146 valence electrons. The van der Waals surface area contributed by atoms with Crippen LogP contribution in [-0.4, -0.2) is 33.7 Å². The van der Waals surface area contributed by atoms with Crippen molar-refractivity contribution in [2.75, 3.05) is 6.54 Å². The number of benzene rings is 2. The van der Waals surface area contributed by atoms with E-state index >= 15 is 0 Å². The normalized spacial score (nSPS) is 13.0. The molecule has 4 rings (SSSR count). The van der Waals surface area contributed by atoms with Gasteiger partial charge in [0.1, 0.15) is 6.54 Å². The van der Waals surface area contributed by atoms with E-state index in [-0.39, 0.29) is 12.5 Å². The molecule has 6 nitrogen and oxygen atoms in total. The first kappa shape index (κ1) is 18.7. The van der Waals surface area contributed by atoms with Crippen molar-refractivity contribution in [3.05, 3.63) is 88.7 Å². The zero-order chi connectivity index (χ0) is 20.5. The second-order valence-electron chi connectivity index (χ2n) is 7.09. The molecule has 0 saturated heterocycles. The van der Waals surface area contributed by atoms with Crippen molar-refractivity contribution < 1.29 is 14.4 Å². The van der Waals surface area contributed by atoms with Crippen LogP contribution in [0.5, 0.6) is 0 Å². The van der Waals surface area contributed by atoms with E-state index in [4.69, 9.17) is 0 Å². The summed E-state index contributed by atoms with van der Waals surface area (Å²) in [4.78, 5) is 38.2. The number of fused-ring (bicyclic) bond motifs is 1. The van der Waals surface area contributed by atoms with Gasteiger partial charge in [-0.1, -0.05) is 30.3 Å². The first-order valence-corrected chi connectivity index (χ1v) is 9.42. The van der Waals surface area contributed by atoms with Gasteiger partial charge in [-0.05, 0) is 49.7 Å². The number of rotatable bonds is 5. The molecule has 6 heteroatoms. The number of hydrogen-bond acceptors (Lipinski definition) is 3. The molecule has 0 unspecified atom stereocenters. The zero-order valence-corrected chi connectivity index (χ0v) is 16.3. The Morgan fingerprint density at radius 3 is 2.10 bits per heavy atom. The van der Waals surface area contributed by atoms with Crippen molar-refractivity contribution >= 4 is 17.7 Å². The van der Waals surface area contributed by atoms with E-state index in [0.717, 1.165) is 27.5 Å². The Morgan fingerprint density at radius 1 is 0.897 bits per heavy atom. The largest absolute Gasteiger partial charge is 0.350 e. The molecule has 0 atom stereocenters. The summed E-state index contributed by atoms with van der Waals surface area (Å²) in [5.41, 5.74) is 4.84. The zero-order valence-electron chi connectivity index (χ0n) is 16.3. The van der Waals surface area contributed by atoms with E-state index in [2.05, 4.69) is 9.88 Å². The highest BCUT2D eigenvalue weighted by Gasteiger charge is 2.36. The van der Waals surface area contributed by atoms with Crippen LogP contribution in [0.4, 0.5) is 0 Å². The van der Waals surface area contributed by atoms with E-state index in [9.17, 15) is 14.4 Å². The molecule has 2 aromatic carbocycles. The Hall–Kier alpha value is -3.67. The lowest BCUT2D eigenvalue weighted by molar-refractivity contribution is -0.121. The predicted molar refractivity (Wildman–Crippen MR) is 109 cm³/mol. The molecule has 29 heavy (non-hydrogen) atoms. The average molecular weight is 387 g/mol. The summed E-state index contributed by atoms with van der Waals surface area (Å²) in [6.45, 7) is 4.06. The highest BCUT2D eigenvalue weighted by Crippen LogP contribution is 2.22. The number of imide groups is 1. The van der Waals surface area contributed by atoms with Gasteiger partial charge in [-0.15, -0.1) is 0 Å². The number of nitrogens with one attached hydrogen (secondary N) is 1. The number of aryl methyl sites for hydroxylation is 1. The third kappa shape index (κ3) is 3.33. The van der Waals surface area contributed by atoms with Crippen LogP contribution >= 0.6 is 0 Å². The van der Waals surface area contributed by atoms with Crippen LogP contribution in [0.15, 0.2) is 60.7 Å². The van der Waals surface area contributed by atoms with Crippen LogP contribution in [0.25, 0.3) is 5.69 Å². The quantitative estimate of drug-likeness (QED) is 0.684. The summed E-state index contributed by atoms with van der Waals surface area (Å²) >= 11 is 0. The molecule has 1 N–H and O–H groups in total. The molecule has 0 spiro atoms. The van der Waals surface area contributed by atoms with Gasteiger partial charge >= 0.3 is 0 Å². The third-order valence-corrected chi connectivity index (χ3v) is 5.21. The fourth-order valence-corrected chi connectivity index (χ4v) is 3.76. The van der Waals surface area contributed by atoms with Gasteiger partial charge in [0, 0.05) is 23.6 Å². The van der Waals surface area contributed by atoms with Crippen LogP contribution in [0.1, 0.15) is 37.7 Å². The first-order valence-electron chi connectivity index (χ1n) is 9.42. The standard InChI is InChI=1S/C23H21N3O3/c1-15-12-17(16(2)26(15)18-8-4-3-5-9-18)13-24-21(27)14-25-22(28)19-10-6-7-11-20(19)23(25)29/h3-12H,13-14H2,1-2H3,(H,24,27). The topological polar surface area (TPSA) is 71.4 Å². The van der Waals surface area contributed by atoms with Gasteiger partial charge < -0.3 is 9.88 Å². The van der Waals surface area contributed by atoms with Crippen LogP contribution in [0.2, 0.25) is 0 Å². The number of carbonyl (C=O) groups is 3. The minimum Gasteiger partial charge on any atom is -0.350 e. The summed E-state index contributed by atoms with van der Waals surface area (Å²) in [7, 11) is 0. The minimum absolute atomic E-state index is 0.288. The van der Waals surface area contributed by atoms with Crippen molar-refractivity contribution in [1.82, 2.24) is 14.8 Å². The number of amides is 3. The molecule has 3 amide bonds. The number of nitrogens with zero attached hydrogens (tertiary/aromatic N) is 2. The summed E-state index contributed by atoms with van der Waals surface area (Å²) in [6, 6.07) is 18.7. The van der Waals surface area contributed by atoms with Crippen molar-refractivity contribution in [3.63, 3.8) is 0 Å². The maximum absolute atomic E-state index is 12.4. The SMILES string of the molecule is Cc1cc(CNC(=O)CN2C(=O)c3ccccc3C2=O)c(C)n1-c1ccccc1. The molecular formula is C23H21N3O3. The minimum atomic E-state index is -0.428. The second-order valence-corrected chi connectivity index (χ2v) is 7.09. The molecule has 0 fully saturated rings. The molecule has 0 radical (unpaired) electrons. The second kappa shape index (κ2) is 7.39. The molecule has 0 bridgehead atoms. The van der Waals surface area contributed by atoms with Gasteiger partial charge in [-0.25, -0.2) is 0 Å².